The van der Waals surface area contributed by atoms with Gasteiger partial charge in [0.2, 0.25) is 0 Å². The molecule has 0 aromatic carbocycles. The highest BCUT2D eigenvalue weighted by molar-refractivity contribution is 5.51. The van der Waals surface area contributed by atoms with Gasteiger partial charge in [-0.15, -0.1) is 0 Å². The van der Waals surface area contributed by atoms with Crippen LogP contribution in [-0.2, 0) is 0 Å². The molecule has 0 amide bonds. The molecule has 18 heavy (non-hydrogen) atoms. The third-order valence-corrected chi connectivity index (χ3v) is 3.40. The molecule has 1 aromatic heterocycles. The molecule has 0 unspecified atom stereocenters. The van der Waals surface area contributed by atoms with Crippen molar-refractivity contribution in [3.63, 3.8) is 0 Å². The van der Waals surface area contributed by atoms with Gasteiger partial charge in [0.25, 0.3) is 0 Å². The molecule has 4 nitrogen and oxygen atoms in total. The second-order valence-corrected chi connectivity index (χ2v) is 4.83. The molecule has 100 valence electrons. The lowest BCUT2D eigenvalue weighted by Crippen LogP contribution is -2.35. The fraction of sp³-hybridized carbons (Fsp3) is 0.643. The van der Waals surface area contributed by atoms with E-state index < -0.39 is 0 Å². The summed E-state index contributed by atoms with van der Waals surface area (Å²) < 4.78 is 5.63. The lowest BCUT2D eigenvalue weighted by Gasteiger charge is -2.28. The first-order valence-corrected chi connectivity index (χ1v) is 6.81. The third kappa shape index (κ3) is 3.35. The second kappa shape index (κ2) is 6.59. The van der Waals surface area contributed by atoms with Gasteiger partial charge < -0.3 is 15.0 Å². The molecule has 0 radical (unpaired) electrons. The van der Waals surface area contributed by atoms with Crippen LogP contribution < -0.4 is 15.0 Å². The van der Waals surface area contributed by atoms with Crippen LogP contribution >= 0.6 is 0 Å². The summed E-state index contributed by atoms with van der Waals surface area (Å²) in [7, 11) is 2.10. The average Bonchev–Trinajstić information content (AvgIpc) is 2.41. The van der Waals surface area contributed by atoms with Gasteiger partial charge in [-0.2, -0.15) is 0 Å². The Morgan fingerprint density at radius 3 is 2.94 bits per heavy atom. The molecule has 1 fully saturated rings. The maximum Gasteiger partial charge on any atom is 0.171 e. The monoisotopic (exact) mass is 249 g/mol. The van der Waals surface area contributed by atoms with Crippen LogP contribution in [-0.4, -0.2) is 38.3 Å². The highest BCUT2D eigenvalue weighted by Crippen LogP contribution is 2.26. The average molecular weight is 249 g/mol. The lowest BCUT2D eigenvalue weighted by molar-refractivity contribution is 0.336. The van der Waals surface area contributed by atoms with E-state index in [1.807, 2.05) is 25.3 Å². The summed E-state index contributed by atoms with van der Waals surface area (Å²) in [4.78, 5) is 6.67. The number of pyridine rings is 1. The summed E-state index contributed by atoms with van der Waals surface area (Å²) in [5.74, 6) is 2.60. The summed E-state index contributed by atoms with van der Waals surface area (Å²) in [6, 6.07) is 3.91. The first kappa shape index (κ1) is 13.1. The minimum Gasteiger partial charge on any atom is -0.490 e. The molecule has 0 atom stereocenters. The van der Waals surface area contributed by atoms with E-state index in [2.05, 4.69) is 22.2 Å². The van der Waals surface area contributed by atoms with Crippen LogP contribution in [0.2, 0.25) is 0 Å². The summed E-state index contributed by atoms with van der Waals surface area (Å²) in [6.07, 6.45) is 4.33. The summed E-state index contributed by atoms with van der Waals surface area (Å²) in [5, 5.41) is 3.40. The van der Waals surface area contributed by atoms with Gasteiger partial charge in [0.1, 0.15) is 0 Å². The summed E-state index contributed by atoms with van der Waals surface area (Å²) >= 11 is 0. The summed E-state index contributed by atoms with van der Waals surface area (Å²) in [5.41, 5.74) is 0. The van der Waals surface area contributed by atoms with Crippen LogP contribution in [0.25, 0.3) is 0 Å². The minimum absolute atomic E-state index is 0.680. The van der Waals surface area contributed by atoms with E-state index in [9.17, 15) is 0 Å². The number of ether oxygens (including phenoxy) is 1. The van der Waals surface area contributed by atoms with Crippen molar-refractivity contribution in [1.82, 2.24) is 10.3 Å². The smallest absolute Gasteiger partial charge is 0.171 e. The van der Waals surface area contributed by atoms with E-state index >= 15 is 0 Å². The first-order chi connectivity index (χ1) is 8.81. The van der Waals surface area contributed by atoms with Crippen molar-refractivity contribution in [3.05, 3.63) is 18.3 Å². The van der Waals surface area contributed by atoms with E-state index in [-0.39, 0.29) is 0 Å². The minimum atomic E-state index is 0.680. The standard InChI is InChI=1S/C14H23N3O/c1-3-18-13-5-4-8-16-14(13)17(2)11-12-6-9-15-10-7-12/h4-5,8,12,15H,3,6-7,9-11H2,1-2H3. The molecular weight excluding hydrogens is 226 g/mol. The van der Waals surface area contributed by atoms with Gasteiger partial charge in [-0.3, -0.25) is 0 Å². The zero-order valence-corrected chi connectivity index (χ0v) is 11.4. The predicted molar refractivity (Wildman–Crippen MR) is 74.3 cm³/mol. The highest BCUT2D eigenvalue weighted by Gasteiger charge is 2.17. The van der Waals surface area contributed by atoms with Gasteiger partial charge in [-0.25, -0.2) is 4.98 Å². The molecule has 1 aliphatic heterocycles. The van der Waals surface area contributed by atoms with Gasteiger partial charge in [0, 0.05) is 19.8 Å². The number of anilines is 1. The Bertz CT molecular complexity index is 364. The Morgan fingerprint density at radius 2 is 2.22 bits per heavy atom. The fourth-order valence-corrected chi connectivity index (χ4v) is 2.48. The van der Waals surface area contributed by atoms with E-state index in [0.29, 0.717) is 6.61 Å². The van der Waals surface area contributed by atoms with Crippen LogP contribution in [0.1, 0.15) is 19.8 Å². The molecule has 1 aliphatic rings. The van der Waals surface area contributed by atoms with Gasteiger partial charge in [-0.1, -0.05) is 0 Å². The Hall–Kier alpha value is -1.29. The molecular formula is C14H23N3O. The van der Waals surface area contributed by atoms with Crippen LogP contribution in [0.15, 0.2) is 18.3 Å². The Kier molecular flexibility index (Phi) is 4.81. The lowest BCUT2D eigenvalue weighted by atomic mass is 9.98. The molecule has 2 rings (SSSR count). The van der Waals surface area contributed by atoms with E-state index in [1.165, 1.54) is 12.8 Å². The zero-order chi connectivity index (χ0) is 12.8. The van der Waals surface area contributed by atoms with E-state index in [0.717, 1.165) is 37.1 Å². The Morgan fingerprint density at radius 1 is 1.44 bits per heavy atom. The molecule has 0 bridgehead atoms. The third-order valence-electron chi connectivity index (χ3n) is 3.40. The topological polar surface area (TPSA) is 37.4 Å². The number of rotatable bonds is 5. The summed E-state index contributed by atoms with van der Waals surface area (Å²) in [6.45, 7) is 6.01. The van der Waals surface area contributed by atoms with Crippen molar-refractivity contribution in [3.8, 4) is 5.75 Å². The molecule has 1 N–H and O–H groups in total. The van der Waals surface area contributed by atoms with E-state index in [1.54, 1.807) is 0 Å². The fourth-order valence-electron chi connectivity index (χ4n) is 2.48. The Labute approximate surface area is 109 Å². The second-order valence-electron chi connectivity index (χ2n) is 4.83. The maximum absolute atomic E-state index is 5.63. The number of piperidine rings is 1. The van der Waals surface area contributed by atoms with Crippen molar-refractivity contribution in [2.24, 2.45) is 5.92 Å². The zero-order valence-electron chi connectivity index (χ0n) is 11.4. The number of hydrogen-bond donors (Lipinski definition) is 1. The largest absolute Gasteiger partial charge is 0.490 e. The molecule has 4 heteroatoms. The van der Waals surface area contributed by atoms with Gasteiger partial charge in [0.05, 0.1) is 6.61 Å². The normalized spacial score (nSPS) is 16.6. The number of nitrogens with zero attached hydrogens (tertiary/aromatic N) is 2. The van der Waals surface area contributed by atoms with E-state index in [4.69, 9.17) is 4.74 Å². The van der Waals surface area contributed by atoms with Crippen LogP contribution in [0, 0.1) is 5.92 Å². The predicted octanol–water partition coefficient (Wildman–Crippen LogP) is 1.92. The molecule has 1 saturated heterocycles. The molecule has 0 saturated carbocycles. The molecule has 2 heterocycles. The maximum atomic E-state index is 5.63. The Balaban J connectivity index is 2.00. The van der Waals surface area contributed by atoms with Crippen LogP contribution in [0.4, 0.5) is 5.82 Å². The van der Waals surface area contributed by atoms with Crippen molar-refractivity contribution in [2.75, 3.05) is 38.2 Å². The number of nitrogens with one attached hydrogen (secondary N) is 1. The van der Waals surface area contributed by atoms with Crippen molar-refractivity contribution in [1.29, 1.82) is 0 Å². The SMILES string of the molecule is CCOc1cccnc1N(C)CC1CCNCC1. The molecule has 0 spiro atoms. The van der Waals surface area contributed by atoms with Crippen LogP contribution in [0.5, 0.6) is 5.75 Å². The quantitative estimate of drug-likeness (QED) is 0.865. The molecule has 1 aromatic rings. The van der Waals surface area contributed by atoms with Crippen molar-refractivity contribution >= 4 is 5.82 Å². The van der Waals surface area contributed by atoms with Crippen molar-refractivity contribution in [2.45, 2.75) is 19.8 Å². The van der Waals surface area contributed by atoms with Gasteiger partial charge >= 0.3 is 0 Å². The van der Waals surface area contributed by atoms with Crippen LogP contribution in [0.3, 0.4) is 0 Å². The van der Waals surface area contributed by atoms with Gasteiger partial charge in [-0.05, 0) is 50.9 Å². The first-order valence-electron chi connectivity index (χ1n) is 6.81. The number of aromatic nitrogens is 1. The molecule has 0 aliphatic carbocycles. The van der Waals surface area contributed by atoms with Crippen molar-refractivity contribution < 1.29 is 4.74 Å². The number of hydrogen-bond acceptors (Lipinski definition) is 4. The highest BCUT2D eigenvalue weighted by atomic mass is 16.5. The van der Waals surface area contributed by atoms with Gasteiger partial charge in [0.15, 0.2) is 11.6 Å².